The number of ether oxygens (including phenoxy) is 1. The Morgan fingerprint density at radius 3 is 1.93 bits per heavy atom. The third-order valence-electron chi connectivity index (χ3n) is 4.61. The number of nitrogens with zero attached hydrogens (tertiary/aromatic N) is 1. The van der Waals surface area contributed by atoms with E-state index in [0.717, 1.165) is 4.90 Å². The summed E-state index contributed by atoms with van der Waals surface area (Å²) in [7, 11) is 0. The minimum atomic E-state index is -1.04. The molecule has 1 aliphatic rings. The fourth-order valence-electron chi connectivity index (χ4n) is 3.18. The molecule has 0 saturated heterocycles. The normalized spacial score (nSPS) is 15.7. The molecule has 0 aliphatic carbocycles. The SMILES string of the molecule is CC(C)[C@@H](C(=O)O[C@@H](C)c1ccc(F)cc1)N1C(=O)c2ccccc2C1=O. The maximum absolute atomic E-state index is 13.1. The molecule has 27 heavy (non-hydrogen) atoms. The van der Waals surface area contributed by atoms with Gasteiger partial charge in [0.15, 0.2) is 0 Å². The molecule has 6 heteroatoms. The van der Waals surface area contributed by atoms with Crippen molar-refractivity contribution in [2.75, 3.05) is 0 Å². The van der Waals surface area contributed by atoms with Gasteiger partial charge in [-0.1, -0.05) is 38.1 Å². The standard InChI is InChI=1S/C21H20FNO4/c1-12(2)18(21(26)27-13(3)14-8-10-15(22)11-9-14)23-19(24)16-6-4-5-7-17(16)20(23)25/h4-13,18H,1-3H3/t13-,18-/m0/s1. The molecule has 0 N–H and O–H groups in total. The number of hydrogen-bond donors (Lipinski definition) is 0. The molecular formula is C21H20FNO4. The average Bonchev–Trinajstić information content (AvgIpc) is 2.88. The summed E-state index contributed by atoms with van der Waals surface area (Å²) in [5.74, 6) is -2.39. The highest BCUT2D eigenvalue weighted by molar-refractivity contribution is 6.22. The minimum absolute atomic E-state index is 0.285. The van der Waals surface area contributed by atoms with Crippen LogP contribution in [0.1, 0.15) is 53.2 Å². The van der Waals surface area contributed by atoms with Crippen molar-refractivity contribution in [3.8, 4) is 0 Å². The maximum atomic E-state index is 13.1. The predicted octanol–water partition coefficient (Wildman–Crippen LogP) is 3.75. The van der Waals surface area contributed by atoms with Gasteiger partial charge in [0, 0.05) is 0 Å². The second-order valence-corrected chi connectivity index (χ2v) is 6.85. The molecule has 140 valence electrons. The molecule has 0 bridgehead atoms. The first-order chi connectivity index (χ1) is 12.8. The molecule has 1 heterocycles. The number of carbonyl (C=O) groups is 3. The summed E-state index contributed by atoms with van der Waals surface area (Å²) in [5.41, 5.74) is 1.19. The van der Waals surface area contributed by atoms with Crippen LogP contribution in [0, 0.1) is 11.7 Å². The quantitative estimate of drug-likeness (QED) is 0.595. The van der Waals surface area contributed by atoms with E-state index in [0.29, 0.717) is 5.56 Å². The Morgan fingerprint density at radius 1 is 0.926 bits per heavy atom. The lowest BCUT2D eigenvalue weighted by molar-refractivity contribution is -0.155. The first-order valence-electron chi connectivity index (χ1n) is 8.74. The molecule has 2 atom stereocenters. The number of halogens is 1. The summed E-state index contributed by atoms with van der Waals surface area (Å²) in [5, 5.41) is 0. The van der Waals surface area contributed by atoms with E-state index in [1.54, 1.807) is 45.0 Å². The number of fused-ring (bicyclic) bond motifs is 1. The van der Waals surface area contributed by atoms with Crippen LogP contribution in [0.15, 0.2) is 48.5 Å². The zero-order valence-electron chi connectivity index (χ0n) is 15.3. The fraction of sp³-hybridized carbons (Fsp3) is 0.286. The fourth-order valence-corrected chi connectivity index (χ4v) is 3.18. The lowest BCUT2D eigenvalue weighted by atomic mass is 10.0. The lowest BCUT2D eigenvalue weighted by Gasteiger charge is -2.28. The van der Waals surface area contributed by atoms with Crippen molar-refractivity contribution in [1.82, 2.24) is 4.90 Å². The molecule has 0 aromatic heterocycles. The van der Waals surface area contributed by atoms with Gasteiger partial charge in [-0.2, -0.15) is 0 Å². The van der Waals surface area contributed by atoms with Crippen molar-refractivity contribution in [3.63, 3.8) is 0 Å². The minimum Gasteiger partial charge on any atom is -0.456 e. The topological polar surface area (TPSA) is 63.7 Å². The van der Waals surface area contributed by atoms with Crippen molar-refractivity contribution >= 4 is 17.8 Å². The Labute approximate surface area is 156 Å². The molecule has 0 saturated carbocycles. The van der Waals surface area contributed by atoms with Gasteiger partial charge in [0.2, 0.25) is 0 Å². The highest BCUT2D eigenvalue weighted by Crippen LogP contribution is 2.29. The predicted molar refractivity (Wildman–Crippen MR) is 96.5 cm³/mol. The van der Waals surface area contributed by atoms with Crippen LogP contribution < -0.4 is 0 Å². The first-order valence-corrected chi connectivity index (χ1v) is 8.74. The van der Waals surface area contributed by atoms with Gasteiger partial charge in [0.05, 0.1) is 11.1 Å². The van der Waals surface area contributed by atoms with E-state index in [2.05, 4.69) is 0 Å². The zero-order valence-corrected chi connectivity index (χ0v) is 15.3. The van der Waals surface area contributed by atoms with Gasteiger partial charge in [-0.3, -0.25) is 14.5 Å². The summed E-state index contributed by atoms with van der Waals surface area (Å²) in [6, 6.07) is 11.1. The highest BCUT2D eigenvalue weighted by Gasteiger charge is 2.44. The zero-order chi connectivity index (χ0) is 19.7. The smallest absolute Gasteiger partial charge is 0.330 e. The van der Waals surface area contributed by atoms with Gasteiger partial charge in [-0.25, -0.2) is 9.18 Å². The Bertz CT molecular complexity index is 856. The van der Waals surface area contributed by atoms with Gasteiger partial charge in [-0.15, -0.1) is 0 Å². The van der Waals surface area contributed by atoms with E-state index in [4.69, 9.17) is 4.74 Å². The van der Waals surface area contributed by atoms with Crippen LogP contribution in [-0.4, -0.2) is 28.7 Å². The maximum Gasteiger partial charge on any atom is 0.330 e. The van der Waals surface area contributed by atoms with Crippen LogP contribution in [0.3, 0.4) is 0 Å². The van der Waals surface area contributed by atoms with E-state index >= 15 is 0 Å². The van der Waals surface area contributed by atoms with Gasteiger partial charge in [0.1, 0.15) is 18.0 Å². The van der Waals surface area contributed by atoms with Crippen LogP contribution in [0.5, 0.6) is 0 Å². The van der Waals surface area contributed by atoms with E-state index in [-0.39, 0.29) is 22.9 Å². The van der Waals surface area contributed by atoms with Crippen molar-refractivity contribution in [1.29, 1.82) is 0 Å². The highest BCUT2D eigenvalue weighted by atomic mass is 19.1. The second kappa shape index (κ2) is 7.31. The van der Waals surface area contributed by atoms with Crippen molar-refractivity contribution in [2.24, 2.45) is 5.92 Å². The number of carbonyl (C=O) groups excluding carboxylic acids is 3. The Hall–Kier alpha value is -3.02. The van der Waals surface area contributed by atoms with E-state index in [9.17, 15) is 18.8 Å². The molecule has 2 amide bonds. The number of esters is 1. The summed E-state index contributed by atoms with van der Waals surface area (Å²) in [6.45, 7) is 5.15. The first kappa shape index (κ1) is 18.8. The molecule has 2 aromatic rings. The molecule has 2 aromatic carbocycles. The lowest BCUT2D eigenvalue weighted by Crippen LogP contribution is -2.48. The van der Waals surface area contributed by atoms with Crippen LogP contribution in [0.4, 0.5) is 4.39 Å². The number of rotatable bonds is 5. The summed E-state index contributed by atoms with van der Waals surface area (Å²) >= 11 is 0. The summed E-state index contributed by atoms with van der Waals surface area (Å²) in [6.07, 6.45) is -0.644. The summed E-state index contributed by atoms with van der Waals surface area (Å²) in [4.78, 5) is 39.2. The molecule has 0 fully saturated rings. The van der Waals surface area contributed by atoms with Gasteiger partial charge >= 0.3 is 5.97 Å². The number of amides is 2. The van der Waals surface area contributed by atoms with Crippen LogP contribution in [0.25, 0.3) is 0 Å². The second-order valence-electron chi connectivity index (χ2n) is 6.85. The van der Waals surface area contributed by atoms with Crippen molar-refractivity contribution in [2.45, 2.75) is 32.9 Å². The largest absolute Gasteiger partial charge is 0.456 e. The molecule has 0 unspecified atom stereocenters. The van der Waals surface area contributed by atoms with E-state index < -0.39 is 29.9 Å². The average molecular weight is 369 g/mol. The molecule has 0 radical (unpaired) electrons. The van der Waals surface area contributed by atoms with Crippen LogP contribution in [0.2, 0.25) is 0 Å². The van der Waals surface area contributed by atoms with Crippen molar-refractivity contribution in [3.05, 3.63) is 71.0 Å². The number of benzene rings is 2. The number of imide groups is 1. The van der Waals surface area contributed by atoms with Crippen LogP contribution >= 0.6 is 0 Å². The van der Waals surface area contributed by atoms with Crippen molar-refractivity contribution < 1.29 is 23.5 Å². The summed E-state index contributed by atoms with van der Waals surface area (Å²) < 4.78 is 18.6. The van der Waals surface area contributed by atoms with E-state index in [1.165, 1.54) is 24.3 Å². The van der Waals surface area contributed by atoms with Crippen LogP contribution in [-0.2, 0) is 9.53 Å². The van der Waals surface area contributed by atoms with Gasteiger partial charge < -0.3 is 4.74 Å². The van der Waals surface area contributed by atoms with E-state index in [1.807, 2.05) is 0 Å². The third-order valence-corrected chi connectivity index (χ3v) is 4.61. The molecule has 1 aliphatic heterocycles. The Morgan fingerprint density at radius 2 is 1.44 bits per heavy atom. The van der Waals surface area contributed by atoms with Gasteiger partial charge in [-0.05, 0) is 42.7 Å². The van der Waals surface area contributed by atoms with Gasteiger partial charge in [0.25, 0.3) is 11.8 Å². The Balaban J connectivity index is 1.84. The monoisotopic (exact) mass is 369 g/mol. The Kier molecular flexibility index (Phi) is 5.08. The number of hydrogen-bond acceptors (Lipinski definition) is 4. The molecule has 3 rings (SSSR count). The molecule has 5 nitrogen and oxygen atoms in total. The molecular weight excluding hydrogens is 349 g/mol. The third kappa shape index (κ3) is 3.47. The molecule has 0 spiro atoms.